The highest BCUT2D eigenvalue weighted by Crippen LogP contribution is 2.24. The summed E-state index contributed by atoms with van der Waals surface area (Å²) in [5.74, 6) is 0.797. The summed E-state index contributed by atoms with van der Waals surface area (Å²) >= 11 is 1.56. The number of nitrogens with zero attached hydrogens (tertiary/aromatic N) is 1. The van der Waals surface area contributed by atoms with Crippen LogP contribution < -0.4 is 10.6 Å². The van der Waals surface area contributed by atoms with Gasteiger partial charge in [0, 0.05) is 36.0 Å². The van der Waals surface area contributed by atoms with Crippen molar-refractivity contribution in [3.05, 3.63) is 60.0 Å². The van der Waals surface area contributed by atoms with E-state index in [1.807, 2.05) is 41.8 Å². The number of carbonyl (C=O) groups is 1. The number of amides is 2. The first-order valence-corrected chi connectivity index (χ1v) is 8.84. The highest BCUT2D eigenvalue weighted by molar-refractivity contribution is 7.13. The van der Waals surface area contributed by atoms with E-state index in [0.29, 0.717) is 19.8 Å². The minimum atomic E-state index is -0.234. The van der Waals surface area contributed by atoms with Gasteiger partial charge in [-0.1, -0.05) is 12.1 Å². The van der Waals surface area contributed by atoms with Crippen molar-refractivity contribution < 1.29 is 13.9 Å². The Bertz CT molecular complexity index is 773. The van der Waals surface area contributed by atoms with Crippen LogP contribution in [0.2, 0.25) is 0 Å². The van der Waals surface area contributed by atoms with Gasteiger partial charge in [0.05, 0.1) is 6.26 Å². The Hall–Kier alpha value is -2.64. The lowest BCUT2D eigenvalue weighted by Gasteiger charge is -2.08. The lowest BCUT2D eigenvalue weighted by Crippen LogP contribution is -2.30. The molecule has 0 aliphatic carbocycles. The maximum Gasteiger partial charge on any atom is 0.319 e. The molecule has 0 radical (unpaired) electrons. The number of furan rings is 1. The highest BCUT2D eigenvalue weighted by Gasteiger charge is 2.04. The number of ether oxygens (including phenoxy) is 1. The van der Waals surface area contributed by atoms with Crippen LogP contribution in [0.4, 0.5) is 10.5 Å². The van der Waals surface area contributed by atoms with Crippen LogP contribution in [-0.2, 0) is 11.3 Å². The third kappa shape index (κ3) is 5.44. The van der Waals surface area contributed by atoms with Crippen LogP contribution >= 0.6 is 11.3 Å². The van der Waals surface area contributed by atoms with E-state index in [-0.39, 0.29) is 6.03 Å². The van der Waals surface area contributed by atoms with Crippen LogP contribution in [0, 0.1) is 0 Å². The van der Waals surface area contributed by atoms with Crippen LogP contribution in [-0.4, -0.2) is 24.2 Å². The summed E-state index contributed by atoms with van der Waals surface area (Å²) in [5, 5.41) is 8.50. The molecule has 0 spiro atoms. The molecule has 130 valence electrons. The average Bonchev–Trinajstić information content (AvgIpc) is 3.31. The molecule has 2 N–H and O–H groups in total. The quantitative estimate of drug-likeness (QED) is 0.594. The van der Waals surface area contributed by atoms with E-state index in [0.717, 1.165) is 28.4 Å². The van der Waals surface area contributed by atoms with Crippen molar-refractivity contribution in [3.8, 4) is 10.6 Å². The van der Waals surface area contributed by atoms with Gasteiger partial charge in [-0.25, -0.2) is 9.78 Å². The molecule has 0 unspecified atom stereocenters. The lowest BCUT2D eigenvalue weighted by molar-refractivity contribution is 0.104. The number of hydrogen-bond donors (Lipinski definition) is 2. The minimum absolute atomic E-state index is 0.234. The molecule has 25 heavy (non-hydrogen) atoms. The molecule has 6 nitrogen and oxygen atoms in total. The normalized spacial score (nSPS) is 10.6. The molecule has 0 aliphatic rings. The summed E-state index contributed by atoms with van der Waals surface area (Å²) < 4.78 is 10.6. The maximum absolute atomic E-state index is 11.9. The molecule has 0 saturated heterocycles. The fourth-order valence-corrected chi connectivity index (χ4v) is 2.85. The van der Waals surface area contributed by atoms with E-state index in [9.17, 15) is 4.79 Å². The zero-order valence-corrected chi connectivity index (χ0v) is 14.4. The summed E-state index contributed by atoms with van der Waals surface area (Å²) in [6.07, 6.45) is 4.11. The van der Waals surface area contributed by atoms with Gasteiger partial charge < -0.3 is 19.8 Å². The monoisotopic (exact) mass is 357 g/mol. The molecule has 0 bridgehead atoms. The van der Waals surface area contributed by atoms with E-state index in [2.05, 4.69) is 15.6 Å². The molecule has 0 fully saturated rings. The van der Waals surface area contributed by atoms with E-state index >= 15 is 0 Å². The largest absolute Gasteiger partial charge is 0.467 e. The molecular weight excluding hydrogens is 338 g/mol. The second-order valence-corrected chi connectivity index (χ2v) is 6.18. The number of hydrogen-bond acceptors (Lipinski definition) is 5. The summed E-state index contributed by atoms with van der Waals surface area (Å²) in [5.41, 5.74) is 1.72. The summed E-state index contributed by atoms with van der Waals surface area (Å²) in [7, 11) is 0. The predicted octanol–water partition coefficient (Wildman–Crippen LogP) is 4.13. The summed E-state index contributed by atoms with van der Waals surface area (Å²) in [4.78, 5) is 16.2. The highest BCUT2D eigenvalue weighted by atomic mass is 32.1. The molecule has 3 aromatic rings. The van der Waals surface area contributed by atoms with Crippen LogP contribution in [0.15, 0.2) is 58.7 Å². The van der Waals surface area contributed by atoms with E-state index in [4.69, 9.17) is 9.15 Å². The third-order valence-corrected chi connectivity index (χ3v) is 4.20. The van der Waals surface area contributed by atoms with Crippen molar-refractivity contribution in [2.75, 3.05) is 18.5 Å². The molecule has 1 aromatic carbocycles. The van der Waals surface area contributed by atoms with Crippen molar-refractivity contribution in [1.29, 1.82) is 0 Å². The van der Waals surface area contributed by atoms with Crippen molar-refractivity contribution >= 4 is 23.1 Å². The van der Waals surface area contributed by atoms with Gasteiger partial charge in [-0.15, -0.1) is 11.3 Å². The minimum Gasteiger partial charge on any atom is -0.467 e. The smallest absolute Gasteiger partial charge is 0.319 e. The molecule has 0 atom stereocenters. The van der Waals surface area contributed by atoms with E-state index in [1.54, 1.807) is 23.8 Å². The second-order valence-electron chi connectivity index (χ2n) is 5.28. The zero-order valence-electron chi connectivity index (χ0n) is 13.6. The van der Waals surface area contributed by atoms with Crippen molar-refractivity contribution in [1.82, 2.24) is 10.3 Å². The molecule has 2 aromatic heterocycles. The zero-order chi connectivity index (χ0) is 17.3. The fraction of sp³-hybridized carbons (Fsp3) is 0.222. The van der Waals surface area contributed by atoms with Crippen LogP contribution in [0.25, 0.3) is 10.6 Å². The van der Waals surface area contributed by atoms with Crippen molar-refractivity contribution in [2.45, 2.75) is 13.0 Å². The van der Waals surface area contributed by atoms with Gasteiger partial charge in [-0.05, 0) is 30.7 Å². The lowest BCUT2D eigenvalue weighted by atomic mass is 10.2. The van der Waals surface area contributed by atoms with Gasteiger partial charge in [0.15, 0.2) is 0 Å². The molecule has 0 saturated carbocycles. The standard InChI is InChI=1S/C18H19N3O3S/c22-18(20-7-3-9-23-13-16-6-2-10-24-16)21-15-5-1-4-14(12-15)17-19-8-11-25-17/h1-2,4-6,8,10-12H,3,7,9,13H2,(H2,20,21,22). The number of benzene rings is 1. The first kappa shape index (κ1) is 17.2. The first-order chi connectivity index (χ1) is 12.3. The number of thiazole rings is 1. The Balaban J connectivity index is 1.36. The Labute approximate surface area is 149 Å². The van der Waals surface area contributed by atoms with Crippen molar-refractivity contribution in [3.63, 3.8) is 0 Å². The molecule has 0 aliphatic heterocycles. The van der Waals surface area contributed by atoms with Gasteiger partial charge in [0.25, 0.3) is 0 Å². The maximum atomic E-state index is 11.9. The average molecular weight is 357 g/mol. The Morgan fingerprint density at radius 2 is 2.24 bits per heavy atom. The number of rotatable bonds is 8. The number of carbonyl (C=O) groups excluding carboxylic acids is 1. The summed E-state index contributed by atoms with van der Waals surface area (Å²) in [6.45, 7) is 1.54. The van der Waals surface area contributed by atoms with Gasteiger partial charge in [0.2, 0.25) is 0 Å². The number of anilines is 1. The van der Waals surface area contributed by atoms with Gasteiger partial charge >= 0.3 is 6.03 Å². The Kier molecular flexibility index (Phi) is 6.19. The molecule has 7 heteroatoms. The van der Waals surface area contributed by atoms with E-state index in [1.165, 1.54) is 0 Å². The third-order valence-electron chi connectivity index (χ3n) is 3.38. The molecular formula is C18H19N3O3S. The fourth-order valence-electron chi connectivity index (χ4n) is 2.21. The Morgan fingerprint density at radius 3 is 3.04 bits per heavy atom. The summed E-state index contributed by atoms with van der Waals surface area (Å²) in [6, 6.07) is 11.1. The number of urea groups is 1. The van der Waals surface area contributed by atoms with Gasteiger partial charge in [-0.2, -0.15) is 0 Å². The van der Waals surface area contributed by atoms with Gasteiger partial charge in [0.1, 0.15) is 17.4 Å². The molecule has 3 rings (SSSR count). The molecule has 2 amide bonds. The predicted molar refractivity (Wildman–Crippen MR) is 97.6 cm³/mol. The van der Waals surface area contributed by atoms with Crippen LogP contribution in [0.3, 0.4) is 0 Å². The first-order valence-electron chi connectivity index (χ1n) is 7.96. The second kappa shape index (κ2) is 9.00. The topological polar surface area (TPSA) is 76.4 Å². The van der Waals surface area contributed by atoms with Gasteiger partial charge in [-0.3, -0.25) is 0 Å². The van der Waals surface area contributed by atoms with E-state index < -0.39 is 0 Å². The molecule has 2 heterocycles. The number of aromatic nitrogens is 1. The van der Waals surface area contributed by atoms with Crippen LogP contribution in [0.5, 0.6) is 0 Å². The van der Waals surface area contributed by atoms with Crippen LogP contribution in [0.1, 0.15) is 12.2 Å². The van der Waals surface area contributed by atoms with Crippen molar-refractivity contribution in [2.24, 2.45) is 0 Å². The SMILES string of the molecule is O=C(NCCCOCc1ccco1)Nc1cccc(-c2nccs2)c1. The number of nitrogens with one attached hydrogen (secondary N) is 2. The Morgan fingerprint density at radius 1 is 1.28 bits per heavy atom.